The van der Waals surface area contributed by atoms with E-state index in [1.807, 2.05) is 0 Å². The number of alkyl halides is 13. The van der Waals surface area contributed by atoms with Crippen molar-refractivity contribution in [2.24, 2.45) is 7.05 Å². The summed E-state index contributed by atoms with van der Waals surface area (Å²) < 4.78 is 230. The Morgan fingerprint density at radius 1 is 0.706 bits per heavy atom. The molecule has 0 radical (unpaired) electrons. The second-order valence-electron chi connectivity index (χ2n) is 6.40. The van der Waals surface area contributed by atoms with E-state index in [2.05, 4.69) is 0 Å². The number of halogens is 19. The third-order valence-corrected chi connectivity index (χ3v) is 3.45. The maximum atomic E-state index is 13.7. The summed E-state index contributed by atoms with van der Waals surface area (Å²) in [7, 11) is -9.59. The van der Waals surface area contributed by atoms with Crippen LogP contribution in [0, 0.1) is 0 Å². The van der Waals surface area contributed by atoms with Crippen LogP contribution in [0.15, 0.2) is 18.7 Å². The summed E-state index contributed by atoms with van der Waals surface area (Å²) in [5.74, 6) is -28.4. The number of rotatable bonds is 8. The Kier molecular flexibility index (Phi) is 8.04. The Morgan fingerprint density at radius 3 is 1.35 bits per heavy atom. The molecule has 0 bridgehead atoms. The Balaban J connectivity index is 0.00000135. The molecule has 0 saturated carbocycles. The van der Waals surface area contributed by atoms with Crippen LogP contribution in [0.5, 0.6) is 0 Å². The standard InChI is InChI=1S/C12H10F13N2.F6P/c1-26-2-3-27(4-26)8(17)10(20,21)12(24,25)11(22,23)9(18,19)6(14)5(13)7(15)16;1-7(2,3,4,5)6/h2-8H,1H3;/q+1;-1. The van der Waals surface area contributed by atoms with E-state index in [4.69, 9.17) is 0 Å². The van der Waals surface area contributed by atoms with E-state index in [0.29, 0.717) is 12.5 Å². The van der Waals surface area contributed by atoms with Crippen molar-refractivity contribution >= 4 is 7.81 Å². The summed E-state index contributed by atoms with van der Waals surface area (Å²) in [6.45, 7) is 0. The van der Waals surface area contributed by atoms with Gasteiger partial charge in [0.25, 0.3) is 6.43 Å². The van der Waals surface area contributed by atoms with Gasteiger partial charge in [0, 0.05) is 0 Å². The van der Waals surface area contributed by atoms with E-state index in [0.717, 1.165) is 17.8 Å². The first kappa shape index (κ1) is 32.3. The van der Waals surface area contributed by atoms with Crippen molar-refractivity contribution in [2.45, 2.75) is 48.8 Å². The van der Waals surface area contributed by atoms with Gasteiger partial charge in [-0.25, -0.2) is 22.1 Å². The number of nitrogens with zero attached hydrogens (tertiary/aromatic N) is 2. The van der Waals surface area contributed by atoms with Crippen LogP contribution in [0.25, 0.3) is 0 Å². The number of hydrogen-bond acceptors (Lipinski definition) is 0. The van der Waals surface area contributed by atoms with E-state index in [1.165, 1.54) is 0 Å². The SMILES string of the molecule is Cn1cc[n+](C(F)C(F)(F)C(F)(F)C(F)(F)C(F)(F)C(F)C(F)C(F)F)c1.F[P-](F)(F)(F)(F)F. The zero-order chi connectivity index (χ0) is 28.0. The van der Waals surface area contributed by atoms with Crippen molar-refractivity contribution in [1.82, 2.24) is 4.57 Å². The van der Waals surface area contributed by atoms with Crippen LogP contribution in [0.1, 0.15) is 6.30 Å². The van der Waals surface area contributed by atoms with E-state index in [9.17, 15) is 82.3 Å². The topological polar surface area (TPSA) is 8.81 Å². The van der Waals surface area contributed by atoms with Crippen molar-refractivity contribution in [1.29, 1.82) is 0 Å². The van der Waals surface area contributed by atoms with Crippen LogP contribution in [-0.4, -0.2) is 47.0 Å². The molecule has 0 aliphatic rings. The van der Waals surface area contributed by atoms with Gasteiger partial charge in [-0.3, -0.25) is 0 Å². The summed E-state index contributed by atoms with van der Waals surface area (Å²) in [6, 6.07) is 0. The molecule has 1 aromatic rings. The molecule has 0 amide bonds. The van der Waals surface area contributed by atoms with Gasteiger partial charge < -0.3 is 0 Å². The molecule has 0 aliphatic carbocycles. The minimum absolute atomic E-state index is 0.358. The Labute approximate surface area is 175 Å². The maximum absolute atomic E-state index is 13.7. The van der Waals surface area contributed by atoms with Crippen molar-refractivity contribution in [3.05, 3.63) is 18.7 Å². The normalized spacial score (nSPS) is 19.0. The van der Waals surface area contributed by atoms with Gasteiger partial charge in [0.15, 0.2) is 6.17 Å². The third-order valence-electron chi connectivity index (χ3n) is 3.45. The number of aromatic nitrogens is 2. The summed E-state index contributed by atoms with van der Waals surface area (Å²) in [4.78, 5) is 0. The first-order valence-electron chi connectivity index (χ1n) is 7.68. The van der Waals surface area contributed by atoms with Gasteiger partial charge in [-0.1, -0.05) is 0 Å². The fraction of sp³-hybridized carbons (Fsp3) is 0.750. The van der Waals surface area contributed by atoms with Gasteiger partial charge in [0.05, 0.1) is 7.05 Å². The van der Waals surface area contributed by atoms with E-state index < -0.39 is 56.6 Å². The molecule has 3 unspecified atom stereocenters. The molecule has 0 saturated heterocycles. The first-order valence-corrected chi connectivity index (χ1v) is 9.71. The predicted octanol–water partition coefficient (Wildman–Crippen LogP) is 7.65. The monoisotopic (exact) mass is 574 g/mol. The zero-order valence-electron chi connectivity index (χ0n) is 15.6. The van der Waals surface area contributed by atoms with Gasteiger partial charge in [0.2, 0.25) is 12.5 Å². The second kappa shape index (κ2) is 8.46. The molecular weight excluding hydrogens is 564 g/mol. The summed E-state index contributed by atoms with van der Waals surface area (Å²) in [5, 5.41) is 0. The number of imidazole rings is 1. The van der Waals surface area contributed by atoms with Crippen LogP contribution in [-0.2, 0) is 7.05 Å². The van der Waals surface area contributed by atoms with Crippen molar-refractivity contribution < 1.29 is 86.8 Å². The zero-order valence-corrected chi connectivity index (χ0v) is 16.5. The van der Waals surface area contributed by atoms with Gasteiger partial charge in [-0.05, 0) is 0 Å². The van der Waals surface area contributed by atoms with Gasteiger partial charge >= 0.3 is 63.0 Å². The average molecular weight is 574 g/mol. The molecule has 22 heteroatoms. The number of hydrogen-bond donors (Lipinski definition) is 0. The molecule has 0 aliphatic heterocycles. The Bertz CT molecular complexity index is 817. The van der Waals surface area contributed by atoms with Gasteiger partial charge in [0.1, 0.15) is 12.4 Å². The average Bonchev–Trinajstić information content (AvgIpc) is 3.02. The van der Waals surface area contributed by atoms with E-state index in [-0.39, 0.29) is 4.57 Å². The molecule has 0 aromatic carbocycles. The van der Waals surface area contributed by atoms with Crippen molar-refractivity contribution in [3.63, 3.8) is 0 Å². The van der Waals surface area contributed by atoms with Crippen LogP contribution < -0.4 is 4.57 Å². The molecule has 0 fully saturated rings. The van der Waals surface area contributed by atoms with Gasteiger partial charge in [-0.15, -0.1) is 0 Å². The van der Waals surface area contributed by atoms with Crippen molar-refractivity contribution in [2.75, 3.05) is 0 Å². The number of aryl methyl sites for hydroxylation is 1. The molecule has 1 heterocycles. The molecular formula is C12H10F19N2P. The van der Waals surface area contributed by atoms with Crippen LogP contribution in [0.2, 0.25) is 0 Å². The van der Waals surface area contributed by atoms with E-state index >= 15 is 0 Å². The van der Waals surface area contributed by atoms with Crippen LogP contribution in [0.3, 0.4) is 0 Å². The summed E-state index contributed by atoms with van der Waals surface area (Å²) in [6.07, 6.45) is -17.5. The van der Waals surface area contributed by atoms with Crippen LogP contribution >= 0.6 is 7.81 Å². The summed E-state index contributed by atoms with van der Waals surface area (Å²) in [5.41, 5.74) is 0. The first-order chi connectivity index (χ1) is 14.4. The molecule has 1 aromatic heterocycles. The van der Waals surface area contributed by atoms with E-state index in [1.54, 1.807) is 0 Å². The quantitative estimate of drug-likeness (QED) is 0.172. The Morgan fingerprint density at radius 2 is 1.06 bits per heavy atom. The molecule has 34 heavy (non-hydrogen) atoms. The molecule has 206 valence electrons. The minimum atomic E-state index is -10.7. The van der Waals surface area contributed by atoms with Gasteiger partial charge in [-0.2, -0.15) is 44.1 Å². The van der Waals surface area contributed by atoms with Crippen molar-refractivity contribution in [3.8, 4) is 0 Å². The molecule has 2 nitrogen and oxygen atoms in total. The van der Waals surface area contributed by atoms with Crippen LogP contribution in [0.4, 0.5) is 82.3 Å². The fourth-order valence-corrected chi connectivity index (χ4v) is 1.86. The Hall–Kier alpha value is -1.69. The second-order valence-corrected chi connectivity index (χ2v) is 8.31. The third kappa shape index (κ3) is 7.66. The fourth-order valence-electron chi connectivity index (χ4n) is 1.86. The summed E-state index contributed by atoms with van der Waals surface area (Å²) >= 11 is 0. The molecule has 0 spiro atoms. The molecule has 1 rings (SSSR count). The predicted molar refractivity (Wildman–Crippen MR) is 74.9 cm³/mol. The molecule has 0 N–H and O–H groups in total. The molecule has 3 atom stereocenters.